The first-order chi connectivity index (χ1) is 38.7. The zero-order valence-corrected chi connectivity index (χ0v) is 47.2. The molecule has 8 heterocycles. The lowest BCUT2D eigenvalue weighted by atomic mass is 9.82. The van der Waals surface area contributed by atoms with Crippen molar-refractivity contribution in [3.63, 3.8) is 0 Å². The molecule has 2 aromatic carbocycles. The van der Waals surface area contributed by atoms with Crippen molar-refractivity contribution >= 4 is 92.1 Å². The van der Waals surface area contributed by atoms with E-state index in [-0.39, 0.29) is 132 Å². The number of rotatable bonds is 12. The van der Waals surface area contributed by atoms with Gasteiger partial charge in [-0.3, -0.25) is 0 Å². The fraction of sp³-hybridized carbons (Fsp3) is 0.500. The summed E-state index contributed by atoms with van der Waals surface area (Å²) in [6.45, 7) is 13.5. The summed E-state index contributed by atoms with van der Waals surface area (Å²) in [6, 6.07) is 13.5. The first-order valence-corrected chi connectivity index (χ1v) is 27.8. The van der Waals surface area contributed by atoms with Crippen molar-refractivity contribution < 1.29 is 54.9 Å². The van der Waals surface area contributed by atoms with Gasteiger partial charge in [0.2, 0.25) is 11.8 Å². The summed E-state index contributed by atoms with van der Waals surface area (Å²) in [4.78, 5) is 59.9. The second kappa shape index (κ2) is 21.6. The molecule has 12 rings (SSSR count). The van der Waals surface area contributed by atoms with Gasteiger partial charge in [-0.1, -0.05) is 23.2 Å². The standard InChI is InChI=1S/2C28H30ClF3N6O3/c2*1-27(2,3)41-26(39)38-12-16-8-17(38)11-37(16)21-7-5-19-24(36-21)25(34-14-33-19)35-18-4-6-20(22(29)23(18)30)40-13-15-9-28(31,32)10-15/h2*4-7,14-17H,8-13H2,1-3H3,(H,33,34,35)/t2*16-,17-/m00/s1. The van der Waals surface area contributed by atoms with Crippen LogP contribution in [0, 0.1) is 23.5 Å². The summed E-state index contributed by atoms with van der Waals surface area (Å²) in [5.74, 6) is -5.25. The van der Waals surface area contributed by atoms with Crippen molar-refractivity contribution in [3.05, 3.63) is 82.9 Å². The highest BCUT2D eigenvalue weighted by atomic mass is 35.5. The van der Waals surface area contributed by atoms with Crippen LogP contribution in [0.15, 0.2) is 61.2 Å². The Kier molecular flexibility index (Phi) is 14.9. The molecule has 4 aliphatic heterocycles. The van der Waals surface area contributed by atoms with Gasteiger partial charge in [-0.25, -0.2) is 65.8 Å². The summed E-state index contributed by atoms with van der Waals surface area (Å²) in [7, 11) is 0. The van der Waals surface area contributed by atoms with Crippen molar-refractivity contribution in [2.45, 2.75) is 127 Å². The summed E-state index contributed by atoms with van der Waals surface area (Å²) >= 11 is 12.4. The first-order valence-electron chi connectivity index (χ1n) is 27.0. The van der Waals surface area contributed by atoms with Crippen LogP contribution in [0.25, 0.3) is 22.1 Å². The molecule has 0 unspecified atom stereocenters. The van der Waals surface area contributed by atoms with Gasteiger partial charge < -0.3 is 49.2 Å². The molecule has 26 heteroatoms. The molecule has 4 saturated heterocycles. The minimum atomic E-state index is -2.65. The Bertz CT molecular complexity index is 3210. The number of benzene rings is 2. The molecule has 0 radical (unpaired) electrons. The Morgan fingerprint density at radius 2 is 0.963 bits per heavy atom. The molecule has 82 heavy (non-hydrogen) atoms. The maximum absolute atomic E-state index is 15.2. The van der Waals surface area contributed by atoms with E-state index >= 15 is 8.78 Å². The van der Waals surface area contributed by atoms with Crippen LogP contribution in [0.5, 0.6) is 11.5 Å². The Morgan fingerprint density at radius 3 is 1.30 bits per heavy atom. The number of anilines is 6. The maximum atomic E-state index is 15.2. The van der Waals surface area contributed by atoms with E-state index in [1.807, 2.05) is 65.8 Å². The fourth-order valence-corrected chi connectivity index (χ4v) is 11.7. The van der Waals surface area contributed by atoms with Crippen LogP contribution in [0.1, 0.15) is 80.1 Å². The van der Waals surface area contributed by atoms with E-state index < -0.39 is 34.7 Å². The van der Waals surface area contributed by atoms with E-state index in [2.05, 4.69) is 40.4 Å². The number of likely N-dealkylation sites (tertiary alicyclic amines) is 2. The lowest BCUT2D eigenvalue weighted by Gasteiger charge is -2.35. The summed E-state index contributed by atoms with van der Waals surface area (Å²) in [5, 5.41) is 5.41. The molecular weight excluding hydrogens is 1120 g/mol. The van der Waals surface area contributed by atoms with Crippen LogP contribution < -0.4 is 29.9 Å². The number of nitrogens with one attached hydrogen (secondary N) is 2. The average molecular weight is 1180 g/mol. The Morgan fingerprint density at radius 1 is 0.573 bits per heavy atom. The molecule has 4 atom stereocenters. The van der Waals surface area contributed by atoms with Crippen molar-refractivity contribution in [1.82, 2.24) is 39.7 Å². The van der Waals surface area contributed by atoms with Gasteiger partial charge in [0, 0.05) is 63.7 Å². The number of piperazine rings is 2. The molecule has 2 amide bonds. The van der Waals surface area contributed by atoms with Crippen LogP contribution in [0.3, 0.4) is 0 Å². The molecule has 18 nitrogen and oxygen atoms in total. The van der Waals surface area contributed by atoms with Crippen LogP contribution >= 0.6 is 23.2 Å². The Balaban J connectivity index is 0.000000172. The molecular formula is C56H60Cl2F6N12O6. The lowest BCUT2D eigenvalue weighted by Crippen LogP contribution is -2.50. The van der Waals surface area contributed by atoms with Gasteiger partial charge in [0.1, 0.15) is 68.1 Å². The third kappa shape index (κ3) is 12.1. The molecule has 436 valence electrons. The van der Waals surface area contributed by atoms with Crippen LogP contribution in [0.4, 0.5) is 70.6 Å². The van der Waals surface area contributed by atoms with Crippen molar-refractivity contribution in [2.24, 2.45) is 11.8 Å². The van der Waals surface area contributed by atoms with Crippen molar-refractivity contribution in [3.8, 4) is 11.5 Å². The summed E-state index contributed by atoms with van der Waals surface area (Å²) in [5.41, 5.74) is 1.00. The largest absolute Gasteiger partial charge is 0.492 e. The zero-order chi connectivity index (χ0) is 58.2. The molecule has 4 bridgehead atoms. The van der Waals surface area contributed by atoms with Gasteiger partial charge in [0.15, 0.2) is 23.3 Å². The molecule has 2 saturated carbocycles. The zero-order valence-electron chi connectivity index (χ0n) is 45.7. The van der Waals surface area contributed by atoms with E-state index in [1.54, 1.807) is 9.80 Å². The fourth-order valence-electron chi connectivity index (χ4n) is 11.3. The van der Waals surface area contributed by atoms with E-state index in [1.165, 1.54) is 36.9 Å². The average Bonchev–Trinajstić information content (AvgIpc) is 3.71. The molecule has 6 aromatic rings. The number of ether oxygens (including phenoxy) is 4. The van der Waals surface area contributed by atoms with E-state index in [9.17, 15) is 27.2 Å². The van der Waals surface area contributed by atoms with E-state index in [0.717, 1.165) is 12.8 Å². The number of carbonyl (C=O) groups is 2. The number of hydrogen-bond acceptors (Lipinski definition) is 16. The van der Waals surface area contributed by atoms with Gasteiger partial charge >= 0.3 is 12.2 Å². The SMILES string of the molecule is CC(C)(C)OC(=O)N1C[C@@H]2C[C@H]1CN2c1ccc2ncnc(Nc3ccc(OCC4CC(F)(F)C4)c(Cl)c3F)c2n1.CC(C)(C)OC(=O)N1C[C@@H]2C[C@H]1CN2c1ccc2ncnc(Nc3ccc(OCC4CC(F)(F)C4)c(Cl)c3F)c2n1. The van der Waals surface area contributed by atoms with Gasteiger partial charge in [0.05, 0.1) is 59.8 Å². The second-order valence-corrected chi connectivity index (χ2v) is 24.5. The highest BCUT2D eigenvalue weighted by Crippen LogP contribution is 2.45. The minimum absolute atomic E-state index is 0.0229. The quantitative estimate of drug-likeness (QED) is 0.110. The van der Waals surface area contributed by atoms with Gasteiger partial charge in [-0.2, -0.15) is 0 Å². The molecule has 2 aliphatic carbocycles. The van der Waals surface area contributed by atoms with Gasteiger partial charge in [-0.15, -0.1) is 0 Å². The topological polar surface area (TPSA) is 185 Å². The summed E-state index contributed by atoms with van der Waals surface area (Å²) < 4.78 is 105. The Labute approximate surface area is 478 Å². The normalized spacial score (nSPS) is 21.7. The minimum Gasteiger partial charge on any atom is -0.492 e. The highest BCUT2D eigenvalue weighted by Gasteiger charge is 2.49. The maximum Gasteiger partial charge on any atom is 0.410 e. The second-order valence-electron chi connectivity index (χ2n) is 23.8. The van der Waals surface area contributed by atoms with Crippen LogP contribution in [-0.2, 0) is 9.47 Å². The number of amides is 2. The molecule has 4 aromatic heterocycles. The van der Waals surface area contributed by atoms with Crippen molar-refractivity contribution in [2.75, 3.05) is 59.8 Å². The smallest absolute Gasteiger partial charge is 0.410 e. The molecule has 6 fully saturated rings. The molecule has 0 spiro atoms. The van der Waals surface area contributed by atoms with Gasteiger partial charge in [0.25, 0.3) is 0 Å². The van der Waals surface area contributed by atoms with Gasteiger partial charge in [-0.05, 0) is 103 Å². The molecule has 6 aliphatic rings. The predicted molar refractivity (Wildman–Crippen MR) is 295 cm³/mol. The van der Waals surface area contributed by atoms with Crippen LogP contribution in [-0.4, -0.2) is 138 Å². The summed E-state index contributed by atoms with van der Waals surface area (Å²) in [6.07, 6.45) is 2.74. The number of pyridine rings is 2. The monoisotopic (exact) mass is 1180 g/mol. The third-order valence-corrected chi connectivity index (χ3v) is 15.9. The molecule has 2 N–H and O–H groups in total. The predicted octanol–water partition coefficient (Wildman–Crippen LogP) is 12.4. The number of halogens is 8. The number of nitrogens with zero attached hydrogens (tertiary/aromatic N) is 10. The lowest BCUT2D eigenvalue weighted by molar-refractivity contribution is -0.119. The number of alkyl halides is 4. The Hall–Kier alpha value is -7.08. The third-order valence-electron chi connectivity index (χ3n) is 15.2. The number of fused-ring (bicyclic) bond motifs is 6. The number of hydrogen-bond donors (Lipinski definition) is 2. The number of aromatic nitrogens is 6. The number of carbonyl (C=O) groups excluding carboxylic acids is 2. The first kappa shape index (κ1) is 56.8. The van der Waals surface area contributed by atoms with E-state index in [4.69, 9.17) is 52.1 Å². The van der Waals surface area contributed by atoms with E-state index in [0.29, 0.717) is 59.9 Å². The van der Waals surface area contributed by atoms with Crippen molar-refractivity contribution in [1.29, 1.82) is 0 Å². The highest BCUT2D eigenvalue weighted by molar-refractivity contribution is 6.33. The van der Waals surface area contributed by atoms with Crippen LogP contribution in [0.2, 0.25) is 10.0 Å².